The zero-order valence-electron chi connectivity index (χ0n) is 14.0. The van der Waals surface area contributed by atoms with Crippen molar-refractivity contribution in [1.82, 2.24) is 5.32 Å². The topological polar surface area (TPSA) is 56.8 Å². The van der Waals surface area contributed by atoms with Gasteiger partial charge in [-0.25, -0.2) is 4.79 Å². The third-order valence-electron chi connectivity index (χ3n) is 5.69. The maximum Gasteiger partial charge on any atom is 0.408 e. The van der Waals surface area contributed by atoms with Gasteiger partial charge in [0.1, 0.15) is 6.10 Å². The van der Waals surface area contributed by atoms with Crippen molar-refractivity contribution >= 4 is 6.09 Å². The van der Waals surface area contributed by atoms with Gasteiger partial charge in [0.25, 0.3) is 0 Å². The summed E-state index contributed by atoms with van der Waals surface area (Å²) in [6, 6.07) is 9.99. The minimum atomic E-state index is -0.397. The van der Waals surface area contributed by atoms with Crippen molar-refractivity contribution in [3.63, 3.8) is 0 Å². The summed E-state index contributed by atoms with van der Waals surface area (Å²) in [5, 5.41) is 3.17. The number of nitrogens with one attached hydrogen (secondary N) is 1. The van der Waals surface area contributed by atoms with E-state index in [9.17, 15) is 4.79 Å². The Morgan fingerprint density at radius 2 is 1.67 bits per heavy atom. The Balaban J connectivity index is 1.41. The summed E-state index contributed by atoms with van der Waals surface area (Å²) >= 11 is 0. The predicted octanol–water partition coefficient (Wildman–Crippen LogP) is 3.69. The third kappa shape index (κ3) is 3.15. The third-order valence-corrected chi connectivity index (χ3v) is 5.69. The van der Waals surface area contributed by atoms with Crippen LogP contribution in [0.25, 0.3) is 0 Å². The van der Waals surface area contributed by atoms with Crippen LogP contribution in [0.15, 0.2) is 30.3 Å². The number of cyclic esters (lactones) is 1. The molecule has 1 aliphatic carbocycles. The van der Waals surface area contributed by atoms with E-state index in [1.807, 2.05) is 30.3 Å². The molecule has 2 saturated heterocycles. The van der Waals surface area contributed by atoms with E-state index < -0.39 is 5.79 Å². The molecule has 5 heteroatoms. The summed E-state index contributed by atoms with van der Waals surface area (Å²) in [5.41, 5.74) is 0.901. The van der Waals surface area contributed by atoms with Crippen LogP contribution in [0.4, 0.5) is 4.79 Å². The molecule has 1 aromatic rings. The van der Waals surface area contributed by atoms with E-state index >= 15 is 0 Å². The van der Waals surface area contributed by atoms with Gasteiger partial charge in [-0.15, -0.1) is 0 Å². The van der Waals surface area contributed by atoms with Gasteiger partial charge in [0.05, 0.1) is 13.2 Å². The van der Waals surface area contributed by atoms with Gasteiger partial charge in [-0.1, -0.05) is 30.3 Å². The van der Waals surface area contributed by atoms with Crippen LogP contribution < -0.4 is 5.32 Å². The number of carbonyl (C=O) groups is 1. The molecule has 2 heterocycles. The normalized spacial score (nSPS) is 28.8. The first-order valence-electron chi connectivity index (χ1n) is 9.00. The average molecular weight is 331 g/mol. The van der Waals surface area contributed by atoms with Crippen molar-refractivity contribution in [2.24, 2.45) is 0 Å². The number of hydrogen-bond donors (Lipinski definition) is 1. The number of benzene rings is 1. The van der Waals surface area contributed by atoms with Gasteiger partial charge in [-0.2, -0.15) is 0 Å². The molecule has 2 spiro atoms. The molecule has 4 rings (SSSR count). The fourth-order valence-electron chi connectivity index (χ4n) is 4.29. The summed E-state index contributed by atoms with van der Waals surface area (Å²) in [7, 11) is 0. The Bertz CT molecular complexity index is 572. The Labute approximate surface area is 142 Å². The lowest BCUT2D eigenvalue weighted by Crippen LogP contribution is -2.55. The summed E-state index contributed by atoms with van der Waals surface area (Å²) < 4.78 is 17.3. The molecular weight excluding hydrogens is 306 g/mol. The van der Waals surface area contributed by atoms with Crippen molar-refractivity contribution in [3.8, 4) is 0 Å². The lowest BCUT2D eigenvalue weighted by atomic mass is 9.75. The van der Waals surface area contributed by atoms with Crippen LogP contribution in [-0.4, -0.2) is 30.6 Å². The van der Waals surface area contributed by atoms with Gasteiger partial charge in [-0.05, 0) is 37.7 Å². The lowest BCUT2D eigenvalue weighted by Gasteiger charge is -2.45. The quantitative estimate of drug-likeness (QED) is 0.852. The number of carbonyl (C=O) groups excluding carboxylic acids is 1. The number of rotatable bonds is 1. The smallest absolute Gasteiger partial charge is 0.408 e. The van der Waals surface area contributed by atoms with Crippen LogP contribution >= 0.6 is 0 Å². The second-order valence-electron chi connectivity index (χ2n) is 7.21. The first-order valence-corrected chi connectivity index (χ1v) is 9.00. The highest BCUT2D eigenvalue weighted by Crippen LogP contribution is 2.43. The first kappa shape index (κ1) is 15.9. The number of alkyl carbamates (subject to hydrolysis) is 1. The SMILES string of the molecule is O=C1NC2(CCCC(c3ccccc3)O1)CCC1(CC2)OCCO1. The van der Waals surface area contributed by atoms with E-state index in [0.29, 0.717) is 13.2 Å². The fourth-order valence-corrected chi connectivity index (χ4v) is 4.29. The zero-order chi connectivity index (χ0) is 16.5. The van der Waals surface area contributed by atoms with Gasteiger partial charge in [0, 0.05) is 18.4 Å². The average Bonchev–Trinajstić information content (AvgIpc) is 3.05. The van der Waals surface area contributed by atoms with E-state index in [0.717, 1.165) is 50.5 Å². The summed E-state index contributed by atoms with van der Waals surface area (Å²) in [5.74, 6) is -0.397. The first-order chi connectivity index (χ1) is 11.7. The second-order valence-corrected chi connectivity index (χ2v) is 7.21. The van der Waals surface area contributed by atoms with Crippen LogP contribution in [0.2, 0.25) is 0 Å². The van der Waals surface area contributed by atoms with E-state index in [-0.39, 0.29) is 17.7 Å². The highest BCUT2D eigenvalue weighted by molar-refractivity contribution is 5.69. The van der Waals surface area contributed by atoms with Crippen molar-refractivity contribution in [2.75, 3.05) is 13.2 Å². The minimum Gasteiger partial charge on any atom is -0.441 e. The molecule has 1 aromatic carbocycles. The molecule has 5 nitrogen and oxygen atoms in total. The van der Waals surface area contributed by atoms with Crippen molar-refractivity contribution in [2.45, 2.75) is 62.4 Å². The molecule has 0 aromatic heterocycles. The summed E-state index contributed by atoms with van der Waals surface area (Å²) in [6.45, 7) is 1.36. The van der Waals surface area contributed by atoms with E-state index in [1.54, 1.807) is 0 Å². The molecule has 0 radical (unpaired) electrons. The van der Waals surface area contributed by atoms with Crippen LogP contribution in [0.1, 0.15) is 56.6 Å². The molecule has 1 amide bonds. The number of hydrogen-bond acceptors (Lipinski definition) is 4. The van der Waals surface area contributed by atoms with Gasteiger partial charge in [0.2, 0.25) is 0 Å². The highest BCUT2D eigenvalue weighted by atomic mass is 16.7. The van der Waals surface area contributed by atoms with Gasteiger partial charge in [0.15, 0.2) is 5.79 Å². The standard InChI is InChI=1S/C19H25NO4/c21-17-20-18(9-11-19(12-10-18)22-13-14-23-19)8-4-7-16(24-17)15-5-2-1-3-6-15/h1-3,5-6,16H,4,7-14H2,(H,20,21). The molecule has 3 fully saturated rings. The molecule has 1 N–H and O–H groups in total. The monoisotopic (exact) mass is 331 g/mol. The molecule has 24 heavy (non-hydrogen) atoms. The van der Waals surface area contributed by atoms with Gasteiger partial charge >= 0.3 is 6.09 Å². The Hall–Kier alpha value is -1.59. The zero-order valence-corrected chi connectivity index (χ0v) is 14.0. The van der Waals surface area contributed by atoms with Gasteiger partial charge in [-0.3, -0.25) is 0 Å². The van der Waals surface area contributed by atoms with Crippen LogP contribution in [0.5, 0.6) is 0 Å². The summed E-state index contributed by atoms with van der Waals surface area (Å²) in [4.78, 5) is 12.4. The Morgan fingerprint density at radius 3 is 2.38 bits per heavy atom. The van der Waals surface area contributed by atoms with Crippen molar-refractivity contribution in [1.29, 1.82) is 0 Å². The van der Waals surface area contributed by atoms with E-state index in [2.05, 4.69) is 5.32 Å². The van der Waals surface area contributed by atoms with Gasteiger partial charge < -0.3 is 19.5 Å². The second kappa shape index (κ2) is 6.37. The van der Waals surface area contributed by atoms with Crippen LogP contribution in [-0.2, 0) is 14.2 Å². The van der Waals surface area contributed by atoms with Crippen molar-refractivity contribution < 1.29 is 19.0 Å². The summed E-state index contributed by atoms with van der Waals surface area (Å²) in [6.07, 6.45) is 5.90. The lowest BCUT2D eigenvalue weighted by molar-refractivity contribution is -0.186. The van der Waals surface area contributed by atoms with Crippen LogP contribution in [0, 0.1) is 0 Å². The molecule has 2 aliphatic heterocycles. The van der Waals surface area contributed by atoms with E-state index in [4.69, 9.17) is 14.2 Å². The molecular formula is C19H25NO4. The minimum absolute atomic E-state index is 0.153. The Morgan fingerprint density at radius 1 is 0.958 bits per heavy atom. The Kier molecular flexibility index (Phi) is 4.22. The number of amides is 1. The van der Waals surface area contributed by atoms with Crippen LogP contribution in [0.3, 0.4) is 0 Å². The molecule has 1 unspecified atom stereocenters. The maximum atomic E-state index is 12.4. The fraction of sp³-hybridized carbons (Fsp3) is 0.632. The molecule has 0 bridgehead atoms. The molecule has 130 valence electrons. The predicted molar refractivity (Wildman–Crippen MR) is 88.5 cm³/mol. The largest absolute Gasteiger partial charge is 0.441 e. The maximum absolute atomic E-state index is 12.4. The number of ether oxygens (including phenoxy) is 3. The van der Waals surface area contributed by atoms with E-state index in [1.165, 1.54) is 0 Å². The molecule has 3 aliphatic rings. The molecule has 1 saturated carbocycles. The van der Waals surface area contributed by atoms with Crippen molar-refractivity contribution in [3.05, 3.63) is 35.9 Å². The highest BCUT2D eigenvalue weighted by Gasteiger charge is 2.47. The molecule has 1 atom stereocenters.